The third-order valence-corrected chi connectivity index (χ3v) is 5.72. The van der Waals surface area contributed by atoms with Crippen LogP contribution in [0.5, 0.6) is 0 Å². The molecule has 2 fully saturated rings. The topological polar surface area (TPSA) is 56.4 Å². The normalized spacial score (nSPS) is 29.5. The highest BCUT2D eigenvalue weighted by atomic mass is 79.9. The van der Waals surface area contributed by atoms with Gasteiger partial charge in [0.25, 0.3) is 0 Å². The molecule has 2 aliphatic heterocycles. The van der Waals surface area contributed by atoms with Gasteiger partial charge in [-0.3, -0.25) is 4.79 Å². The molecule has 3 N–H and O–H groups in total. The third kappa shape index (κ3) is 3.20. The molecule has 1 amide bonds. The molecule has 0 saturated carbocycles. The zero-order valence-electron chi connectivity index (χ0n) is 12.8. The number of carbonyl (C=O) groups is 1. The number of carbonyl (C=O) groups excluding carboxylic acids is 1. The number of amides is 1. The molecule has 3 rings (SSSR count). The molecule has 120 valence electrons. The molecular weight excluding hydrogens is 344 g/mol. The lowest BCUT2D eigenvalue weighted by molar-refractivity contribution is -0.134. The van der Waals surface area contributed by atoms with Crippen LogP contribution in [-0.4, -0.2) is 47.9 Å². The van der Waals surface area contributed by atoms with Gasteiger partial charge in [0.05, 0.1) is 10.9 Å². The van der Waals surface area contributed by atoms with E-state index in [9.17, 15) is 4.79 Å². The Balaban J connectivity index is 1.66. The standard InChI is InChI=1S/C16H23BrN4O/c1-21(12-7-9-18-10-8-12)16(22)15-13(17)14(19-20-15)11-5-3-2-4-6-11/h2-6,12-15,18-20H,7-10H2,1H3. The average Bonchev–Trinajstić information content (AvgIpc) is 2.96. The van der Waals surface area contributed by atoms with Gasteiger partial charge >= 0.3 is 0 Å². The first-order valence-electron chi connectivity index (χ1n) is 7.86. The Kier molecular flexibility index (Phi) is 5.13. The molecule has 2 aliphatic rings. The van der Waals surface area contributed by atoms with Crippen molar-refractivity contribution in [1.29, 1.82) is 0 Å². The van der Waals surface area contributed by atoms with E-state index < -0.39 is 0 Å². The van der Waals surface area contributed by atoms with E-state index >= 15 is 0 Å². The van der Waals surface area contributed by atoms with Crippen LogP contribution in [0.3, 0.4) is 0 Å². The Hall–Kier alpha value is -0.950. The lowest BCUT2D eigenvalue weighted by atomic mass is 10.00. The number of hydrogen-bond acceptors (Lipinski definition) is 4. The third-order valence-electron chi connectivity index (χ3n) is 4.66. The van der Waals surface area contributed by atoms with E-state index in [2.05, 4.69) is 44.2 Å². The SMILES string of the molecule is CN(C(=O)C1NNC(c2ccccc2)C1Br)C1CCNCC1. The lowest BCUT2D eigenvalue weighted by Crippen LogP contribution is -2.52. The van der Waals surface area contributed by atoms with Gasteiger partial charge < -0.3 is 10.2 Å². The summed E-state index contributed by atoms with van der Waals surface area (Å²) in [5, 5.41) is 3.34. The second-order valence-electron chi connectivity index (χ2n) is 6.03. The van der Waals surface area contributed by atoms with E-state index in [4.69, 9.17) is 0 Å². The largest absolute Gasteiger partial charge is 0.341 e. The van der Waals surface area contributed by atoms with Crippen molar-refractivity contribution in [1.82, 2.24) is 21.1 Å². The van der Waals surface area contributed by atoms with Gasteiger partial charge in [-0.1, -0.05) is 46.3 Å². The van der Waals surface area contributed by atoms with Gasteiger partial charge in [-0.15, -0.1) is 0 Å². The van der Waals surface area contributed by atoms with Gasteiger partial charge in [-0.05, 0) is 31.5 Å². The smallest absolute Gasteiger partial charge is 0.242 e. The zero-order chi connectivity index (χ0) is 15.5. The number of hydrazine groups is 1. The monoisotopic (exact) mass is 366 g/mol. The molecule has 2 saturated heterocycles. The maximum Gasteiger partial charge on any atom is 0.242 e. The fraction of sp³-hybridized carbons (Fsp3) is 0.562. The zero-order valence-corrected chi connectivity index (χ0v) is 14.3. The van der Waals surface area contributed by atoms with Crippen molar-refractivity contribution in [3.05, 3.63) is 35.9 Å². The Morgan fingerprint density at radius 2 is 1.86 bits per heavy atom. The van der Waals surface area contributed by atoms with Crippen molar-refractivity contribution in [3.8, 4) is 0 Å². The minimum Gasteiger partial charge on any atom is -0.341 e. The molecule has 0 radical (unpaired) electrons. The van der Waals surface area contributed by atoms with Crippen LogP contribution in [0.4, 0.5) is 0 Å². The summed E-state index contributed by atoms with van der Waals surface area (Å²) in [6, 6.07) is 10.4. The second-order valence-corrected chi connectivity index (χ2v) is 7.09. The van der Waals surface area contributed by atoms with Crippen LogP contribution in [0.25, 0.3) is 0 Å². The Morgan fingerprint density at radius 3 is 2.55 bits per heavy atom. The summed E-state index contributed by atoms with van der Waals surface area (Å²) in [6.45, 7) is 1.98. The summed E-state index contributed by atoms with van der Waals surface area (Å²) in [5.41, 5.74) is 7.60. The highest BCUT2D eigenvalue weighted by molar-refractivity contribution is 9.09. The van der Waals surface area contributed by atoms with E-state index in [0.29, 0.717) is 6.04 Å². The number of rotatable bonds is 3. The summed E-state index contributed by atoms with van der Waals surface area (Å²) in [4.78, 5) is 14.8. The Labute approximate surface area is 139 Å². The fourth-order valence-electron chi connectivity index (χ4n) is 3.25. The number of nitrogens with zero attached hydrogens (tertiary/aromatic N) is 1. The van der Waals surface area contributed by atoms with Crippen LogP contribution in [0, 0.1) is 0 Å². The minimum absolute atomic E-state index is 0.0339. The quantitative estimate of drug-likeness (QED) is 0.703. The molecule has 1 aromatic rings. The Morgan fingerprint density at radius 1 is 1.18 bits per heavy atom. The molecular formula is C16H23BrN4O. The van der Waals surface area contributed by atoms with Gasteiger partial charge in [-0.25, -0.2) is 10.9 Å². The number of likely N-dealkylation sites (N-methyl/N-ethyl adjacent to an activating group) is 1. The van der Waals surface area contributed by atoms with E-state index in [0.717, 1.165) is 25.9 Å². The van der Waals surface area contributed by atoms with Gasteiger partial charge in [0.2, 0.25) is 5.91 Å². The molecule has 2 heterocycles. The minimum atomic E-state index is -0.245. The van der Waals surface area contributed by atoms with Crippen LogP contribution in [0.15, 0.2) is 30.3 Å². The van der Waals surface area contributed by atoms with Gasteiger partial charge in [0.1, 0.15) is 6.04 Å². The van der Waals surface area contributed by atoms with Crippen molar-refractivity contribution in [2.75, 3.05) is 20.1 Å². The molecule has 0 bridgehead atoms. The number of piperidine rings is 1. The molecule has 22 heavy (non-hydrogen) atoms. The summed E-state index contributed by atoms with van der Waals surface area (Å²) < 4.78 is 0. The summed E-state index contributed by atoms with van der Waals surface area (Å²) >= 11 is 3.72. The average molecular weight is 367 g/mol. The molecule has 1 aromatic carbocycles. The Bertz CT molecular complexity index is 506. The van der Waals surface area contributed by atoms with E-state index in [1.165, 1.54) is 5.56 Å². The van der Waals surface area contributed by atoms with Gasteiger partial charge in [0, 0.05) is 13.1 Å². The first kappa shape index (κ1) is 15.9. The van der Waals surface area contributed by atoms with Gasteiger partial charge in [-0.2, -0.15) is 0 Å². The number of nitrogens with one attached hydrogen (secondary N) is 3. The molecule has 6 heteroatoms. The predicted octanol–water partition coefficient (Wildman–Crippen LogP) is 1.18. The molecule has 3 atom stereocenters. The first-order valence-corrected chi connectivity index (χ1v) is 8.77. The molecule has 5 nitrogen and oxygen atoms in total. The fourth-order valence-corrected chi connectivity index (χ4v) is 4.05. The summed E-state index contributed by atoms with van der Waals surface area (Å²) in [7, 11) is 1.93. The van der Waals surface area contributed by atoms with Crippen molar-refractivity contribution < 1.29 is 4.79 Å². The number of benzene rings is 1. The lowest BCUT2D eigenvalue weighted by Gasteiger charge is -2.33. The van der Waals surface area contributed by atoms with Crippen molar-refractivity contribution in [2.24, 2.45) is 0 Å². The van der Waals surface area contributed by atoms with Crippen LogP contribution in [-0.2, 0) is 4.79 Å². The number of alkyl halides is 1. The van der Waals surface area contributed by atoms with Crippen LogP contribution < -0.4 is 16.2 Å². The second kappa shape index (κ2) is 7.08. The van der Waals surface area contributed by atoms with Crippen LogP contribution in [0.2, 0.25) is 0 Å². The number of halogens is 1. The van der Waals surface area contributed by atoms with Crippen molar-refractivity contribution in [2.45, 2.75) is 35.8 Å². The van der Waals surface area contributed by atoms with Crippen LogP contribution in [0.1, 0.15) is 24.4 Å². The maximum absolute atomic E-state index is 12.8. The molecule has 0 spiro atoms. The van der Waals surface area contributed by atoms with Gasteiger partial charge in [0.15, 0.2) is 0 Å². The number of hydrogen-bond donors (Lipinski definition) is 3. The molecule has 0 aliphatic carbocycles. The summed E-state index contributed by atoms with van der Waals surface area (Å²) in [6.07, 6.45) is 2.05. The maximum atomic E-state index is 12.8. The predicted molar refractivity (Wildman–Crippen MR) is 90.6 cm³/mol. The first-order chi connectivity index (χ1) is 10.7. The highest BCUT2D eigenvalue weighted by Gasteiger charge is 2.41. The highest BCUT2D eigenvalue weighted by Crippen LogP contribution is 2.30. The van der Waals surface area contributed by atoms with E-state index in [-0.39, 0.29) is 22.8 Å². The van der Waals surface area contributed by atoms with E-state index in [1.54, 1.807) is 0 Å². The van der Waals surface area contributed by atoms with Crippen molar-refractivity contribution >= 4 is 21.8 Å². The summed E-state index contributed by atoms with van der Waals surface area (Å²) in [5.74, 6) is 0.153. The van der Waals surface area contributed by atoms with E-state index in [1.807, 2.05) is 30.1 Å². The molecule has 0 aromatic heterocycles. The van der Waals surface area contributed by atoms with Crippen molar-refractivity contribution in [3.63, 3.8) is 0 Å². The van der Waals surface area contributed by atoms with Crippen LogP contribution >= 0.6 is 15.9 Å². The molecule has 3 unspecified atom stereocenters.